The predicted octanol–water partition coefficient (Wildman–Crippen LogP) is 3.21. The quantitative estimate of drug-likeness (QED) is 0.694. The van der Waals surface area contributed by atoms with Gasteiger partial charge in [0, 0.05) is 31.3 Å². The fourth-order valence-corrected chi connectivity index (χ4v) is 3.80. The van der Waals surface area contributed by atoms with Crippen molar-refractivity contribution >= 4 is 27.3 Å². The second-order valence-electron chi connectivity index (χ2n) is 6.26. The maximum atomic E-state index is 12.8. The van der Waals surface area contributed by atoms with E-state index < -0.39 is 10.0 Å². The first-order valence-electron chi connectivity index (χ1n) is 8.75. The lowest BCUT2D eigenvalue weighted by atomic mass is 10.2. The molecule has 0 aromatic heterocycles. The van der Waals surface area contributed by atoms with E-state index in [-0.39, 0.29) is 18.9 Å². The normalized spacial score (nSPS) is 11.1. The zero-order valence-corrected chi connectivity index (χ0v) is 17.0. The molecular formula is C20H26N2O4S. The van der Waals surface area contributed by atoms with Gasteiger partial charge >= 0.3 is 0 Å². The van der Waals surface area contributed by atoms with E-state index in [9.17, 15) is 13.2 Å². The van der Waals surface area contributed by atoms with Crippen LogP contribution in [-0.2, 0) is 14.8 Å². The summed E-state index contributed by atoms with van der Waals surface area (Å²) >= 11 is 0. The number of rotatable bonds is 8. The van der Waals surface area contributed by atoms with Crippen molar-refractivity contribution in [1.82, 2.24) is 0 Å². The molecule has 0 N–H and O–H groups in total. The van der Waals surface area contributed by atoms with Crippen molar-refractivity contribution in [3.8, 4) is 5.75 Å². The molecule has 0 spiro atoms. The molecule has 0 aliphatic carbocycles. The van der Waals surface area contributed by atoms with E-state index in [2.05, 4.69) is 0 Å². The van der Waals surface area contributed by atoms with Gasteiger partial charge in [0.2, 0.25) is 15.9 Å². The number of benzene rings is 2. The number of carbonyl (C=O) groups is 1. The molecule has 7 heteroatoms. The van der Waals surface area contributed by atoms with Crippen LogP contribution in [0.3, 0.4) is 0 Å². The molecule has 1 amide bonds. The van der Waals surface area contributed by atoms with Crippen molar-refractivity contribution in [3.63, 3.8) is 0 Å². The van der Waals surface area contributed by atoms with Gasteiger partial charge in [-0.15, -0.1) is 0 Å². The highest BCUT2D eigenvalue weighted by molar-refractivity contribution is 7.92. The first-order valence-corrected chi connectivity index (χ1v) is 10.6. The van der Waals surface area contributed by atoms with Crippen LogP contribution in [0.5, 0.6) is 5.75 Å². The van der Waals surface area contributed by atoms with E-state index in [1.54, 1.807) is 29.2 Å². The monoisotopic (exact) mass is 390 g/mol. The van der Waals surface area contributed by atoms with E-state index in [1.165, 1.54) is 11.4 Å². The summed E-state index contributed by atoms with van der Waals surface area (Å²) in [6.45, 7) is 4.44. The number of amides is 1. The molecule has 0 atom stereocenters. The van der Waals surface area contributed by atoms with Gasteiger partial charge in [-0.05, 0) is 43.7 Å². The van der Waals surface area contributed by atoms with E-state index in [0.29, 0.717) is 18.0 Å². The first kappa shape index (κ1) is 20.8. The lowest BCUT2D eigenvalue weighted by Gasteiger charge is -2.25. The summed E-state index contributed by atoms with van der Waals surface area (Å²) in [4.78, 5) is 14.4. The molecule has 0 heterocycles. The van der Waals surface area contributed by atoms with E-state index >= 15 is 0 Å². The van der Waals surface area contributed by atoms with Crippen LogP contribution >= 0.6 is 0 Å². The smallest absolute Gasteiger partial charge is 0.232 e. The minimum Gasteiger partial charge on any atom is -0.497 e. The molecule has 0 aliphatic heterocycles. The summed E-state index contributed by atoms with van der Waals surface area (Å²) in [5.74, 6) is 0.432. The maximum absolute atomic E-state index is 12.8. The molecule has 27 heavy (non-hydrogen) atoms. The molecule has 2 rings (SSSR count). The molecule has 2 aromatic rings. The number of methoxy groups -OCH3 is 1. The molecule has 146 valence electrons. The predicted molar refractivity (Wildman–Crippen MR) is 109 cm³/mol. The molecule has 0 fully saturated rings. The fraction of sp³-hybridized carbons (Fsp3) is 0.350. The molecule has 0 unspecified atom stereocenters. The molecular weight excluding hydrogens is 364 g/mol. The van der Waals surface area contributed by atoms with Gasteiger partial charge in [0.1, 0.15) is 5.75 Å². The summed E-state index contributed by atoms with van der Waals surface area (Å²) in [5, 5.41) is 0. The van der Waals surface area contributed by atoms with Crippen LogP contribution in [-0.4, -0.2) is 40.8 Å². The minimum atomic E-state index is -3.54. The van der Waals surface area contributed by atoms with Gasteiger partial charge in [0.05, 0.1) is 19.1 Å². The number of hydrogen-bond donors (Lipinski definition) is 0. The Morgan fingerprint density at radius 1 is 1.07 bits per heavy atom. The van der Waals surface area contributed by atoms with Crippen LogP contribution in [0.25, 0.3) is 0 Å². The summed E-state index contributed by atoms with van der Waals surface area (Å²) in [7, 11) is -2.01. The highest BCUT2D eigenvalue weighted by Crippen LogP contribution is 2.24. The van der Waals surface area contributed by atoms with Crippen LogP contribution in [0.4, 0.5) is 11.4 Å². The van der Waals surface area contributed by atoms with Gasteiger partial charge in [-0.3, -0.25) is 9.10 Å². The molecule has 2 aromatic carbocycles. The van der Waals surface area contributed by atoms with Crippen molar-refractivity contribution in [2.75, 3.05) is 35.7 Å². The lowest BCUT2D eigenvalue weighted by Crippen LogP contribution is -2.37. The number of carbonyl (C=O) groups excluding carboxylic acids is 1. The standard InChI is InChI=1S/C20H26N2O4S/c1-5-21(17-9-6-8-16(2)14-17)20(23)12-13-22(27(4,24)25)18-10-7-11-19(15-18)26-3/h6-11,14-15H,5,12-13H2,1-4H3. The Kier molecular flexibility index (Phi) is 6.85. The van der Waals surface area contributed by atoms with Gasteiger partial charge in [-0.2, -0.15) is 0 Å². The highest BCUT2D eigenvalue weighted by Gasteiger charge is 2.21. The Balaban J connectivity index is 2.19. The molecule has 6 nitrogen and oxygen atoms in total. The van der Waals surface area contributed by atoms with Crippen molar-refractivity contribution in [2.24, 2.45) is 0 Å². The first-order chi connectivity index (χ1) is 12.8. The fourth-order valence-electron chi connectivity index (χ4n) is 2.88. The van der Waals surface area contributed by atoms with Crippen LogP contribution in [0.2, 0.25) is 0 Å². The topological polar surface area (TPSA) is 66.9 Å². The molecule has 0 saturated carbocycles. The Bertz CT molecular complexity index is 896. The van der Waals surface area contributed by atoms with Crippen LogP contribution in [0.1, 0.15) is 18.9 Å². The molecule has 0 aliphatic rings. The number of nitrogens with zero attached hydrogens (tertiary/aromatic N) is 2. The third-order valence-corrected chi connectivity index (χ3v) is 5.40. The van der Waals surface area contributed by atoms with E-state index in [4.69, 9.17) is 4.74 Å². The van der Waals surface area contributed by atoms with E-state index in [0.717, 1.165) is 17.5 Å². The van der Waals surface area contributed by atoms with Crippen LogP contribution in [0.15, 0.2) is 48.5 Å². The summed E-state index contributed by atoms with van der Waals surface area (Å²) < 4.78 is 30.9. The Labute approximate surface area is 161 Å². The average molecular weight is 391 g/mol. The van der Waals surface area contributed by atoms with Gasteiger partial charge in [-0.1, -0.05) is 18.2 Å². The molecule has 0 saturated heterocycles. The number of anilines is 2. The third kappa shape index (κ3) is 5.47. The zero-order valence-electron chi connectivity index (χ0n) is 16.2. The number of ether oxygens (including phenoxy) is 1. The summed E-state index contributed by atoms with van der Waals surface area (Å²) in [6.07, 6.45) is 1.21. The Morgan fingerprint density at radius 2 is 1.74 bits per heavy atom. The lowest BCUT2D eigenvalue weighted by molar-refractivity contribution is -0.118. The van der Waals surface area contributed by atoms with Gasteiger partial charge in [-0.25, -0.2) is 8.42 Å². The number of aryl methyl sites for hydroxylation is 1. The summed E-state index contributed by atoms with van der Waals surface area (Å²) in [5.41, 5.74) is 2.35. The molecule has 0 bridgehead atoms. The number of hydrogen-bond acceptors (Lipinski definition) is 4. The Hall–Kier alpha value is -2.54. The second kappa shape index (κ2) is 8.90. The van der Waals surface area contributed by atoms with E-state index in [1.807, 2.05) is 38.1 Å². The van der Waals surface area contributed by atoms with Crippen molar-refractivity contribution < 1.29 is 17.9 Å². The third-order valence-electron chi connectivity index (χ3n) is 4.20. The maximum Gasteiger partial charge on any atom is 0.232 e. The van der Waals surface area contributed by atoms with Crippen molar-refractivity contribution in [3.05, 3.63) is 54.1 Å². The minimum absolute atomic E-state index is 0.0626. The molecule has 0 radical (unpaired) electrons. The largest absolute Gasteiger partial charge is 0.497 e. The average Bonchev–Trinajstić information content (AvgIpc) is 2.61. The van der Waals surface area contributed by atoms with Gasteiger partial charge in [0.25, 0.3) is 0 Å². The van der Waals surface area contributed by atoms with Crippen LogP contribution < -0.4 is 13.9 Å². The van der Waals surface area contributed by atoms with Gasteiger partial charge in [0.15, 0.2) is 0 Å². The van der Waals surface area contributed by atoms with Crippen LogP contribution in [0, 0.1) is 6.92 Å². The van der Waals surface area contributed by atoms with Crippen molar-refractivity contribution in [2.45, 2.75) is 20.3 Å². The Morgan fingerprint density at radius 3 is 2.33 bits per heavy atom. The highest BCUT2D eigenvalue weighted by atomic mass is 32.2. The van der Waals surface area contributed by atoms with Crippen molar-refractivity contribution in [1.29, 1.82) is 0 Å². The zero-order chi connectivity index (χ0) is 20.0. The van der Waals surface area contributed by atoms with Gasteiger partial charge < -0.3 is 9.64 Å². The SMILES string of the molecule is CCN(C(=O)CCN(c1cccc(OC)c1)S(C)(=O)=O)c1cccc(C)c1. The second-order valence-corrected chi connectivity index (χ2v) is 8.17. The number of sulfonamides is 1. The summed E-state index contributed by atoms with van der Waals surface area (Å²) in [6, 6.07) is 14.5.